The van der Waals surface area contributed by atoms with Crippen molar-refractivity contribution in [2.24, 2.45) is 0 Å². The van der Waals surface area contributed by atoms with Crippen LogP contribution < -0.4 is 5.32 Å². The van der Waals surface area contributed by atoms with Crippen LogP contribution in [0.1, 0.15) is 82.1 Å². The number of aryl methyl sites for hydroxylation is 1. The molecule has 1 aromatic carbocycles. The number of thiophene rings is 2. The van der Waals surface area contributed by atoms with Gasteiger partial charge in [-0.3, -0.25) is 14.9 Å². The van der Waals surface area contributed by atoms with Gasteiger partial charge in [0.25, 0.3) is 11.8 Å². The van der Waals surface area contributed by atoms with Crippen LogP contribution in [0.25, 0.3) is 11.0 Å². The zero-order chi connectivity index (χ0) is 28.5. The lowest BCUT2D eigenvalue weighted by atomic mass is 9.94. The van der Waals surface area contributed by atoms with Crippen LogP contribution >= 0.6 is 22.7 Å². The number of benzene rings is 1. The number of carbonyl (C=O) groups is 3. The van der Waals surface area contributed by atoms with E-state index < -0.39 is 0 Å². The fourth-order valence-electron chi connectivity index (χ4n) is 4.85. The fourth-order valence-corrected chi connectivity index (χ4v) is 6.08. The van der Waals surface area contributed by atoms with E-state index in [0.29, 0.717) is 39.7 Å². The SMILES string of the molecule is CC.CN(C(=O)c1ccc2c(c1)nc(NC(=O)c1cccs1)n2CCCOC(=O)c1cccs1)C1CCCCC1. The summed E-state index contributed by atoms with van der Waals surface area (Å²) >= 11 is 2.70. The zero-order valence-corrected chi connectivity index (χ0v) is 24.9. The van der Waals surface area contributed by atoms with Crippen molar-refractivity contribution in [1.82, 2.24) is 14.5 Å². The molecule has 3 aromatic heterocycles. The van der Waals surface area contributed by atoms with Gasteiger partial charge in [-0.25, -0.2) is 9.78 Å². The molecule has 1 fully saturated rings. The first-order valence-electron chi connectivity index (χ1n) is 13.8. The molecular formula is C30H36N4O4S2. The first-order valence-corrected chi connectivity index (χ1v) is 15.6. The van der Waals surface area contributed by atoms with E-state index >= 15 is 0 Å². The van der Waals surface area contributed by atoms with Gasteiger partial charge in [0.15, 0.2) is 0 Å². The maximum absolute atomic E-state index is 13.3. The van der Waals surface area contributed by atoms with E-state index in [9.17, 15) is 14.4 Å². The standard InChI is InChI=1S/C28H30N4O4S2.C2H6/c1-31(20-8-3-2-4-9-20)26(34)19-12-13-22-21(18-19)29-28(30-25(33)23-10-5-16-37-23)32(22)14-7-15-36-27(35)24-11-6-17-38-24;1-2/h5-6,10-13,16-18,20H,2-4,7-9,14-15H2,1H3,(H,29,30,33);1-2H3. The lowest BCUT2D eigenvalue weighted by Crippen LogP contribution is -2.38. The van der Waals surface area contributed by atoms with Gasteiger partial charge < -0.3 is 14.2 Å². The van der Waals surface area contributed by atoms with Crippen LogP contribution in [0.2, 0.25) is 0 Å². The lowest BCUT2D eigenvalue weighted by molar-refractivity contribution is 0.0502. The van der Waals surface area contributed by atoms with E-state index in [1.54, 1.807) is 18.2 Å². The summed E-state index contributed by atoms with van der Waals surface area (Å²) < 4.78 is 7.31. The maximum Gasteiger partial charge on any atom is 0.348 e. The molecule has 1 aliphatic carbocycles. The molecule has 0 bridgehead atoms. The van der Waals surface area contributed by atoms with Crippen LogP contribution in [-0.2, 0) is 11.3 Å². The highest BCUT2D eigenvalue weighted by atomic mass is 32.1. The summed E-state index contributed by atoms with van der Waals surface area (Å²) in [5.74, 6) is -0.202. The first kappa shape index (κ1) is 29.5. The highest BCUT2D eigenvalue weighted by Crippen LogP contribution is 2.26. The number of nitrogens with one attached hydrogen (secondary N) is 1. The Morgan fingerprint density at radius 3 is 2.40 bits per heavy atom. The molecule has 40 heavy (non-hydrogen) atoms. The third-order valence-corrected chi connectivity index (χ3v) is 8.61. The van der Waals surface area contributed by atoms with Crippen molar-refractivity contribution in [1.29, 1.82) is 0 Å². The normalized spacial score (nSPS) is 13.4. The third kappa shape index (κ3) is 6.98. The number of ether oxygens (including phenoxy) is 1. The first-order chi connectivity index (χ1) is 19.5. The van der Waals surface area contributed by atoms with E-state index in [2.05, 4.69) is 5.32 Å². The number of aromatic nitrogens is 2. The number of esters is 1. The summed E-state index contributed by atoms with van der Waals surface area (Å²) in [7, 11) is 1.88. The van der Waals surface area contributed by atoms with Crippen molar-refractivity contribution in [3.05, 3.63) is 68.5 Å². The second kappa shape index (κ2) is 14.2. The van der Waals surface area contributed by atoms with Gasteiger partial charge in [-0.15, -0.1) is 22.7 Å². The summed E-state index contributed by atoms with van der Waals surface area (Å²) in [6.45, 7) is 4.71. The van der Waals surface area contributed by atoms with E-state index in [1.807, 2.05) is 65.4 Å². The number of amides is 2. The van der Waals surface area contributed by atoms with Gasteiger partial charge >= 0.3 is 5.97 Å². The van der Waals surface area contributed by atoms with Crippen molar-refractivity contribution < 1.29 is 19.1 Å². The minimum atomic E-state index is -0.341. The predicted molar refractivity (Wildman–Crippen MR) is 162 cm³/mol. The summed E-state index contributed by atoms with van der Waals surface area (Å²) in [5.41, 5.74) is 2.01. The monoisotopic (exact) mass is 580 g/mol. The Balaban J connectivity index is 0.00000181. The Morgan fingerprint density at radius 2 is 1.73 bits per heavy atom. The average Bonchev–Trinajstić information content (AvgIpc) is 3.78. The minimum Gasteiger partial charge on any atom is -0.461 e. The molecule has 1 saturated carbocycles. The molecule has 1 aliphatic rings. The summed E-state index contributed by atoms with van der Waals surface area (Å²) in [6.07, 6.45) is 6.15. The number of nitrogens with zero attached hydrogens (tertiary/aromatic N) is 3. The molecule has 8 nitrogen and oxygen atoms in total. The number of hydrogen-bond acceptors (Lipinski definition) is 7. The molecule has 3 heterocycles. The number of fused-ring (bicyclic) bond motifs is 1. The number of anilines is 1. The second-order valence-electron chi connectivity index (χ2n) is 9.40. The quantitative estimate of drug-likeness (QED) is 0.169. The van der Waals surface area contributed by atoms with Crippen molar-refractivity contribution in [2.45, 2.75) is 65.0 Å². The van der Waals surface area contributed by atoms with Gasteiger partial charge in [-0.1, -0.05) is 45.2 Å². The predicted octanol–water partition coefficient (Wildman–Crippen LogP) is 7.09. The summed E-state index contributed by atoms with van der Waals surface area (Å²) in [5, 5.41) is 6.60. The molecule has 0 radical (unpaired) electrons. The van der Waals surface area contributed by atoms with E-state index in [0.717, 1.165) is 31.2 Å². The van der Waals surface area contributed by atoms with Crippen molar-refractivity contribution in [3.63, 3.8) is 0 Å². The van der Waals surface area contributed by atoms with Crippen LogP contribution in [0, 0.1) is 0 Å². The van der Waals surface area contributed by atoms with Gasteiger partial charge in [0.05, 0.1) is 22.5 Å². The van der Waals surface area contributed by atoms with Gasteiger partial charge in [-0.2, -0.15) is 0 Å². The minimum absolute atomic E-state index is 0.0157. The van der Waals surface area contributed by atoms with Gasteiger partial charge in [0.1, 0.15) is 4.88 Å². The highest BCUT2D eigenvalue weighted by molar-refractivity contribution is 7.12. The van der Waals surface area contributed by atoms with E-state index in [-0.39, 0.29) is 30.4 Å². The van der Waals surface area contributed by atoms with Crippen LogP contribution in [0.3, 0.4) is 0 Å². The Kier molecular flexibility index (Phi) is 10.5. The topological polar surface area (TPSA) is 93.5 Å². The molecule has 0 aliphatic heterocycles. The maximum atomic E-state index is 13.3. The van der Waals surface area contributed by atoms with Crippen molar-refractivity contribution in [3.8, 4) is 0 Å². The molecule has 4 aromatic rings. The van der Waals surface area contributed by atoms with E-state index in [1.165, 1.54) is 29.1 Å². The van der Waals surface area contributed by atoms with Crippen LogP contribution in [0.5, 0.6) is 0 Å². The Morgan fingerprint density at radius 1 is 1.02 bits per heavy atom. The van der Waals surface area contributed by atoms with Gasteiger partial charge in [0, 0.05) is 25.2 Å². The largest absolute Gasteiger partial charge is 0.461 e. The number of hydrogen-bond donors (Lipinski definition) is 1. The van der Waals surface area contributed by atoms with Crippen LogP contribution in [0.15, 0.2) is 53.2 Å². The summed E-state index contributed by atoms with van der Waals surface area (Å²) in [6, 6.07) is 12.9. The average molecular weight is 581 g/mol. The molecule has 0 saturated heterocycles. The van der Waals surface area contributed by atoms with Crippen molar-refractivity contribution >= 4 is 57.4 Å². The molecule has 1 N–H and O–H groups in total. The van der Waals surface area contributed by atoms with Gasteiger partial charge in [-0.05, 0) is 60.4 Å². The van der Waals surface area contributed by atoms with Gasteiger partial charge in [0.2, 0.25) is 5.95 Å². The Labute approximate surface area is 243 Å². The van der Waals surface area contributed by atoms with Crippen molar-refractivity contribution in [2.75, 3.05) is 19.0 Å². The molecule has 5 rings (SSSR count). The number of rotatable bonds is 9. The van der Waals surface area contributed by atoms with Crippen LogP contribution in [0.4, 0.5) is 5.95 Å². The molecule has 0 atom stereocenters. The molecular weight excluding hydrogens is 544 g/mol. The van der Waals surface area contributed by atoms with Crippen LogP contribution in [-0.4, -0.2) is 51.9 Å². The zero-order valence-electron chi connectivity index (χ0n) is 23.2. The molecule has 0 spiro atoms. The lowest BCUT2D eigenvalue weighted by Gasteiger charge is -2.31. The molecule has 212 valence electrons. The molecule has 0 unspecified atom stereocenters. The Hall–Kier alpha value is -3.50. The highest BCUT2D eigenvalue weighted by Gasteiger charge is 2.24. The third-order valence-electron chi connectivity index (χ3n) is 6.89. The number of imidazole rings is 1. The Bertz CT molecular complexity index is 1410. The second-order valence-corrected chi connectivity index (χ2v) is 11.3. The molecule has 10 heteroatoms. The van der Waals surface area contributed by atoms with E-state index in [4.69, 9.17) is 9.72 Å². The smallest absolute Gasteiger partial charge is 0.348 e. The summed E-state index contributed by atoms with van der Waals surface area (Å²) in [4.78, 5) is 45.9. The fraction of sp³-hybridized carbons (Fsp3) is 0.400. The number of carbonyl (C=O) groups excluding carboxylic acids is 3. The molecule has 2 amide bonds.